The zero-order valence-electron chi connectivity index (χ0n) is 8.60. The maximum atomic E-state index is 4.30. The van der Waals surface area contributed by atoms with Crippen molar-refractivity contribution in [2.45, 2.75) is 25.4 Å². The SMILES string of the molecule is CCC(CS)CSc1ncc(C)cn1. The van der Waals surface area contributed by atoms with Crippen molar-refractivity contribution in [2.75, 3.05) is 11.5 Å². The first kappa shape index (κ1) is 11.9. The minimum absolute atomic E-state index is 0.660. The van der Waals surface area contributed by atoms with Crippen LogP contribution in [0, 0.1) is 12.8 Å². The number of hydrogen-bond acceptors (Lipinski definition) is 4. The number of aryl methyl sites for hydroxylation is 1. The summed E-state index contributed by atoms with van der Waals surface area (Å²) in [6.07, 6.45) is 4.89. The molecule has 0 bridgehead atoms. The van der Waals surface area contributed by atoms with Crippen LogP contribution in [-0.4, -0.2) is 21.5 Å². The van der Waals surface area contributed by atoms with Gasteiger partial charge in [0.15, 0.2) is 5.16 Å². The first-order valence-electron chi connectivity index (χ1n) is 4.78. The summed E-state index contributed by atoms with van der Waals surface area (Å²) in [5.74, 6) is 2.66. The highest BCUT2D eigenvalue weighted by atomic mass is 32.2. The van der Waals surface area contributed by atoms with Crippen LogP contribution in [0.3, 0.4) is 0 Å². The maximum absolute atomic E-state index is 4.30. The van der Waals surface area contributed by atoms with Crippen molar-refractivity contribution < 1.29 is 0 Å². The van der Waals surface area contributed by atoms with Crippen molar-refractivity contribution >= 4 is 24.4 Å². The lowest BCUT2D eigenvalue weighted by atomic mass is 10.2. The normalized spacial score (nSPS) is 12.8. The van der Waals surface area contributed by atoms with Crippen LogP contribution in [0.2, 0.25) is 0 Å². The Morgan fingerprint density at radius 2 is 2.07 bits per heavy atom. The minimum atomic E-state index is 0.660. The molecule has 1 heterocycles. The Labute approximate surface area is 95.3 Å². The van der Waals surface area contributed by atoms with Gasteiger partial charge in [-0.25, -0.2) is 9.97 Å². The van der Waals surface area contributed by atoms with Gasteiger partial charge in [-0.2, -0.15) is 12.6 Å². The lowest BCUT2D eigenvalue weighted by molar-refractivity contribution is 0.648. The van der Waals surface area contributed by atoms with Gasteiger partial charge in [-0.15, -0.1) is 0 Å². The van der Waals surface area contributed by atoms with Gasteiger partial charge in [-0.3, -0.25) is 0 Å². The number of thioether (sulfide) groups is 1. The Morgan fingerprint density at radius 3 is 2.57 bits per heavy atom. The Kier molecular flexibility index (Phi) is 5.33. The fourth-order valence-corrected chi connectivity index (χ4v) is 2.50. The van der Waals surface area contributed by atoms with E-state index in [4.69, 9.17) is 0 Å². The van der Waals surface area contributed by atoms with E-state index >= 15 is 0 Å². The molecule has 0 saturated carbocycles. The fraction of sp³-hybridized carbons (Fsp3) is 0.600. The van der Waals surface area contributed by atoms with E-state index < -0.39 is 0 Å². The van der Waals surface area contributed by atoms with E-state index in [2.05, 4.69) is 29.5 Å². The molecule has 14 heavy (non-hydrogen) atoms. The molecule has 1 rings (SSSR count). The lowest BCUT2D eigenvalue weighted by Crippen LogP contribution is -2.04. The van der Waals surface area contributed by atoms with Crippen molar-refractivity contribution in [3.63, 3.8) is 0 Å². The summed E-state index contributed by atoms with van der Waals surface area (Å²) in [6.45, 7) is 4.19. The molecule has 0 spiro atoms. The predicted molar refractivity (Wildman–Crippen MR) is 65.1 cm³/mol. The zero-order valence-corrected chi connectivity index (χ0v) is 10.3. The third-order valence-corrected chi connectivity index (χ3v) is 3.66. The van der Waals surface area contributed by atoms with Crippen molar-refractivity contribution in [3.05, 3.63) is 18.0 Å². The van der Waals surface area contributed by atoms with E-state index in [1.807, 2.05) is 19.3 Å². The zero-order chi connectivity index (χ0) is 10.4. The maximum Gasteiger partial charge on any atom is 0.187 e. The molecule has 0 fully saturated rings. The number of rotatable bonds is 5. The molecule has 0 radical (unpaired) electrons. The first-order valence-corrected chi connectivity index (χ1v) is 6.40. The van der Waals surface area contributed by atoms with Crippen LogP contribution in [0.25, 0.3) is 0 Å². The summed E-state index contributed by atoms with van der Waals surface area (Å²) in [6, 6.07) is 0. The van der Waals surface area contributed by atoms with Gasteiger partial charge in [0, 0.05) is 18.1 Å². The summed E-state index contributed by atoms with van der Waals surface area (Å²) in [5, 5.41) is 0.871. The smallest absolute Gasteiger partial charge is 0.187 e. The van der Waals surface area contributed by atoms with Crippen molar-refractivity contribution in [1.82, 2.24) is 9.97 Å². The highest BCUT2D eigenvalue weighted by Crippen LogP contribution is 2.18. The Balaban J connectivity index is 2.41. The lowest BCUT2D eigenvalue weighted by Gasteiger charge is -2.09. The fourth-order valence-electron chi connectivity index (χ4n) is 0.947. The van der Waals surface area contributed by atoms with Crippen LogP contribution in [0.4, 0.5) is 0 Å². The minimum Gasteiger partial charge on any atom is -0.231 e. The van der Waals surface area contributed by atoms with Crippen LogP contribution in [0.5, 0.6) is 0 Å². The molecule has 0 aliphatic rings. The van der Waals surface area contributed by atoms with Gasteiger partial charge >= 0.3 is 0 Å². The molecule has 4 heteroatoms. The topological polar surface area (TPSA) is 25.8 Å². The van der Waals surface area contributed by atoms with Gasteiger partial charge in [0.05, 0.1) is 0 Å². The summed E-state index contributed by atoms with van der Waals surface area (Å²) in [4.78, 5) is 8.49. The summed E-state index contributed by atoms with van der Waals surface area (Å²) in [7, 11) is 0. The molecule has 78 valence electrons. The molecular weight excluding hydrogens is 212 g/mol. The Hall–Kier alpha value is -0.220. The molecule has 1 aromatic rings. The average Bonchev–Trinajstić information content (AvgIpc) is 2.22. The van der Waals surface area contributed by atoms with Gasteiger partial charge in [0.25, 0.3) is 0 Å². The average molecular weight is 228 g/mol. The highest BCUT2D eigenvalue weighted by molar-refractivity contribution is 7.99. The molecule has 0 aliphatic heterocycles. The van der Waals surface area contributed by atoms with E-state index in [1.54, 1.807) is 11.8 Å². The predicted octanol–water partition coefficient (Wildman–Crippen LogP) is 2.83. The quantitative estimate of drug-likeness (QED) is 0.477. The molecule has 0 aromatic carbocycles. The van der Waals surface area contributed by atoms with Crippen molar-refractivity contribution in [2.24, 2.45) is 5.92 Å². The number of hydrogen-bond donors (Lipinski definition) is 1. The number of aromatic nitrogens is 2. The van der Waals surface area contributed by atoms with E-state index in [9.17, 15) is 0 Å². The van der Waals surface area contributed by atoms with Crippen LogP contribution in [-0.2, 0) is 0 Å². The third kappa shape index (κ3) is 3.88. The van der Waals surface area contributed by atoms with Crippen molar-refractivity contribution in [1.29, 1.82) is 0 Å². The number of thiol groups is 1. The summed E-state index contributed by atoms with van der Waals surface area (Å²) in [5.41, 5.74) is 1.11. The summed E-state index contributed by atoms with van der Waals surface area (Å²) >= 11 is 6.02. The molecular formula is C10H16N2S2. The largest absolute Gasteiger partial charge is 0.231 e. The molecule has 1 atom stereocenters. The highest BCUT2D eigenvalue weighted by Gasteiger charge is 2.05. The second-order valence-electron chi connectivity index (χ2n) is 3.31. The van der Waals surface area contributed by atoms with E-state index in [0.29, 0.717) is 5.92 Å². The van der Waals surface area contributed by atoms with Gasteiger partial charge in [0.2, 0.25) is 0 Å². The van der Waals surface area contributed by atoms with Crippen LogP contribution >= 0.6 is 24.4 Å². The standard InChI is InChI=1S/C10H16N2S2/c1-3-9(6-13)7-14-10-11-4-8(2)5-12-10/h4-5,9,13H,3,6-7H2,1-2H3. The molecule has 0 saturated heterocycles. The third-order valence-electron chi connectivity index (χ3n) is 2.04. The summed E-state index contributed by atoms with van der Waals surface area (Å²) < 4.78 is 0. The van der Waals surface area contributed by atoms with Crippen LogP contribution in [0.1, 0.15) is 18.9 Å². The van der Waals surface area contributed by atoms with Gasteiger partial charge in [-0.1, -0.05) is 25.1 Å². The number of nitrogens with zero attached hydrogens (tertiary/aromatic N) is 2. The monoisotopic (exact) mass is 228 g/mol. The van der Waals surface area contributed by atoms with E-state index in [0.717, 1.165) is 22.2 Å². The first-order chi connectivity index (χ1) is 6.76. The van der Waals surface area contributed by atoms with Crippen LogP contribution < -0.4 is 0 Å². The molecule has 0 N–H and O–H groups in total. The van der Waals surface area contributed by atoms with E-state index in [-0.39, 0.29) is 0 Å². The van der Waals surface area contributed by atoms with Gasteiger partial charge in [-0.05, 0) is 24.2 Å². The molecule has 1 aromatic heterocycles. The van der Waals surface area contributed by atoms with Crippen molar-refractivity contribution in [3.8, 4) is 0 Å². The van der Waals surface area contributed by atoms with E-state index in [1.165, 1.54) is 6.42 Å². The Bertz CT molecular complexity index is 257. The molecule has 0 amide bonds. The second kappa shape index (κ2) is 6.30. The van der Waals surface area contributed by atoms with Crippen LogP contribution in [0.15, 0.2) is 17.6 Å². The molecule has 0 aliphatic carbocycles. The van der Waals surface area contributed by atoms with Gasteiger partial charge in [0.1, 0.15) is 0 Å². The molecule has 1 unspecified atom stereocenters. The molecule has 2 nitrogen and oxygen atoms in total. The van der Waals surface area contributed by atoms with Gasteiger partial charge < -0.3 is 0 Å². The Morgan fingerprint density at radius 1 is 1.43 bits per heavy atom. The second-order valence-corrected chi connectivity index (χ2v) is 4.66.